The molecule has 2 aromatic carbocycles. The van der Waals surface area contributed by atoms with Crippen molar-refractivity contribution in [3.05, 3.63) is 81.8 Å². The van der Waals surface area contributed by atoms with Crippen molar-refractivity contribution in [2.75, 3.05) is 11.3 Å². The summed E-state index contributed by atoms with van der Waals surface area (Å²) in [5.74, 6) is -0.894. The van der Waals surface area contributed by atoms with Crippen LogP contribution >= 0.6 is 11.3 Å². The van der Waals surface area contributed by atoms with E-state index in [0.29, 0.717) is 6.54 Å². The first kappa shape index (κ1) is 19.6. The minimum Gasteiger partial charge on any atom is -0.331 e. The molecule has 8 heteroatoms. The third kappa shape index (κ3) is 3.77. The van der Waals surface area contributed by atoms with Gasteiger partial charge in [0.25, 0.3) is 15.9 Å². The van der Waals surface area contributed by atoms with Gasteiger partial charge in [0.15, 0.2) is 0 Å². The third-order valence-corrected chi connectivity index (χ3v) is 7.41. The van der Waals surface area contributed by atoms with Crippen LogP contribution in [0.25, 0.3) is 0 Å². The van der Waals surface area contributed by atoms with Gasteiger partial charge in [-0.05, 0) is 60.7 Å². The zero-order chi connectivity index (χ0) is 20.6. The number of para-hydroxylation sites is 1. The molecule has 0 fully saturated rings. The number of anilines is 1. The van der Waals surface area contributed by atoms with Gasteiger partial charge in [-0.25, -0.2) is 12.8 Å². The van der Waals surface area contributed by atoms with Crippen LogP contribution in [0.3, 0.4) is 0 Å². The minimum atomic E-state index is -4.03. The summed E-state index contributed by atoms with van der Waals surface area (Å²) in [7, 11) is -4.03. The molecule has 29 heavy (non-hydrogen) atoms. The number of hydrogen-bond donors (Lipinski definition) is 1. The molecule has 4 rings (SSSR count). The molecule has 1 amide bonds. The molecule has 2 heterocycles. The molecule has 0 spiro atoms. The summed E-state index contributed by atoms with van der Waals surface area (Å²) in [6.45, 7) is 2.56. The Morgan fingerprint density at radius 2 is 1.97 bits per heavy atom. The van der Waals surface area contributed by atoms with Crippen molar-refractivity contribution < 1.29 is 17.6 Å². The van der Waals surface area contributed by atoms with E-state index >= 15 is 0 Å². The smallest absolute Gasteiger partial charge is 0.262 e. The van der Waals surface area contributed by atoms with Crippen LogP contribution in [0, 0.1) is 5.82 Å². The van der Waals surface area contributed by atoms with Crippen LogP contribution in [0.15, 0.2) is 64.9 Å². The molecule has 1 N–H and O–H groups in total. The van der Waals surface area contributed by atoms with E-state index < -0.39 is 15.8 Å². The van der Waals surface area contributed by atoms with Crippen molar-refractivity contribution in [2.45, 2.75) is 24.3 Å². The summed E-state index contributed by atoms with van der Waals surface area (Å²) in [4.78, 5) is 16.0. The Labute approximate surface area is 172 Å². The summed E-state index contributed by atoms with van der Waals surface area (Å²) in [5, 5.41) is 2.02. The Hall–Kier alpha value is -2.71. The van der Waals surface area contributed by atoms with Gasteiger partial charge in [0, 0.05) is 17.0 Å². The maximum absolute atomic E-state index is 13.8. The van der Waals surface area contributed by atoms with Gasteiger partial charge in [-0.1, -0.05) is 18.2 Å². The number of benzene rings is 2. The lowest BCUT2D eigenvalue weighted by Crippen LogP contribution is -2.38. The van der Waals surface area contributed by atoms with Gasteiger partial charge in [0.05, 0.1) is 16.6 Å². The number of thiophene rings is 1. The minimum absolute atomic E-state index is 0.0747. The predicted octanol–water partition coefficient (Wildman–Crippen LogP) is 4.45. The van der Waals surface area contributed by atoms with Gasteiger partial charge in [0.1, 0.15) is 5.82 Å². The number of fused-ring (bicyclic) bond motifs is 1. The summed E-state index contributed by atoms with van der Waals surface area (Å²) in [6.07, 6.45) is 0.788. The summed E-state index contributed by atoms with van der Waals surface area (Å²) in [5.41, 5.74) is 1.28. The maximum Gasteiger partial charge on any atom is 0.262 e. The molecule has 1 aromatic heterocycles. The highest BCUT2D eigenvalue weighted by Gasteiger charge is 2.29. The first-order valence-corrected chi connectivity index (χ1v) is 11.5. The molecule has 0 radical (unpaired) electrons. The molecule has 1 aliphatic heterocycles. The van der Waals surface area contributed by atoms with Crippen molar-refractivity contribution in [1.82, 2.24) is 4.90 Å². The highest BCUT2D eigenvalue weighted by molar-refractivity contribution is 7.92. The van der Waals surface area contributed by atoms with Gasteiger partial charge in [-0.2, -0.15) is 0 Å². The van der Waals surface area contributed by atoms with Crippen molar-refractivity contribution in [3.63, 3.8) is 0 Å². The number of hydrogen-bond acceptors (Lipinski definition) is 4. The topological polar surface area (TPSA) is 66.5 Å². The third-order valence-electron chi connectivity index (χ3n) is 5.05. The van der Waals surface area contributed by atoms with Gasteiger partial charge in [-0.3, -0.25) is 9.52 Å². The molecule has 0 saturated carbocycles. The monoisotopic (exact) mass is 430 g/mol. The van der Waals surface area contributed by atoms with Gasteiger partial charge < -0.3 is 4.90 Å². The van der Waals surface area contributed by atoms with Crippen LogP contribution < -0.4 is 4.72 Å². The van der Waals surface area contributed by atoms with Gasteiger partial charge in [0.2, 0.25) is 0 Å². The van der Waals surface area contributed by atoms with E-state index in [1.54, 1.807) is 22.3 Å². The Bertz CT molecular complexity index is 1170. The lowest BCUT2D eigenvalue weighted by Gasteiger charge is -2.33. The molecule has 0 saturated heterocycles. The number of amides is 1. The van der Waals surface area contributed by atoms with Crippen LogP contribution in [-0.2, 0) is 16.4 Å². The highest BCUT2D eigenvalue weighted by Crippen LogP contribution is 2.34. The second kappa shape index (κ2) is 7.61. The fraction of sp³-hybridized carbons (Fsp3) is 0.190. The van der Waals surface area contributed by atoms with E-state index in [1.807, 2.05) is 18.4 Å². The number of carbonyl (C=O) groups excluding carboxylic acids is 1. The number of sulfonamides is 1. The number of nitrogens with one attached hydrogen (secondary N) is 1. The number of rotatable bonds is 4. The molecule has 150 valence electrons. The lowest BCUT2D eigenvalue weighted by atomic mass is 10.0. The van der Waals surface area contributed by atoms with E-state index in [9.17, 15) is 17.6 Å². The number of halogens is 1. The fourth-order valence-electron chi connectivity index (χ4n) is 3.50. The van der Waals surface area contributed by atoms with Crippen molar-refractivity contribution in [2.24, 2.45) is 0 Å². The Morgan fingerprint density at radius 3 is 2.76 bits per heavy atom. The Balaban J connectivity index is 1.60. The zero-order valence-electron chi connectivity index (χ0n) is 15.6. The van der Waals surface area contributed by atoms with E-state index in [4.69, 9.17) is 0 Å². The van der Waals surface area contributed by atoms with Crippen LogP contribution in [0.2, 0.25) is 0 Å². The van der Waals surface area contributed by atoms with Crippen LogP contribution in [0.5, 0.6) is 0 Å². The first-order valence-electron chi connectivity index (χ1n) is 9.11. The Kier molecular flexibility index (Phi) is 5.14. The molecule has 0 bridgehead atoms. The predicted molar refractivity (Wildman–Crippen MR) is 111 cm³/mol. The molecular weight excluding hydrogens is 411 g/mol. The number of nitrogens with zero attached hydrogens (tertiary/aromatic N) is 1. The standard InChI is InChI=1S/C21H19FN2O3S2/c1-14-17-10-12-28-20(17)9-11-24(14)21(25)15-5-4-6-16(13-15)29(26,27)23-19-8-3-2-7-18(19)22/h2-8,10,12-14,23H,9,11H2,1H3. The lowest BCUT2D eigenvalue weighted by molar-refractivity contribution is 0.0679. The molecule has 1 aliphatic rings. The van der Waals surface area contributed by atoms with Crippen molar-refractivity contribution in [1.29, 1.82) is 0 Å². The highest BCUT2D eigenvalue weighted by atomic mass is 32.2. The van der Waals surface area contributed by atoms with E-state index in [0.717, 1.165) is 12.0 Å². The van der Waals surface area contributed by atoms with Crippen molar-refractivity contribution in [3.8, 4) is 0 Å². The van der Waals surface area contributed by atoms with Crippen LogP contribution in [-0.4, -0.2) is 25.8 Å². The second-order valence-electron chi connectivity index (χ2n) is 6.84. The normalized spacial score (nSPS) is 16.3. The van der Waals surface area contributed by atoms with Crippen LogP contribution in [0.4, 0.5) is 10.1 Å². The van der Waals surface area contributed by atoms with E-state index in [-0.39, 0.29) is 28.1 Å². The van der Waals surface area contributed by atoms with E-state index in [2.05, 4.69) is 4.72 Å². The van der Waals surface area contributed by atoms with Crippen molar-refractivity contribution >= 4 is 33.0 Å². The Morgan fingerprint density at radius 1 is 1.17 bits per heavy atom. The summed E-state index contributed by atoms with van der Waals surface area (Å²) < 4.78 is 41.5. The molecule has 1 unspecified atom stereocenters. The largest absolute Gasteiger partial charge is 0.331 e. The number of carbonyl (C=O) groups is 1. The van der Waals surface area contributed by atoms with Crippen LogP contribution in [0.1, 0.15) is 33.8 Å². The average molecular weight is 431 g/mol. The fourth-order valence-corrected chi connectivity index (χ4v) is 5.57. The molecule has 1 atom stereocenters. The molecule has 5 nitrogen and oxygen atoms in total. The second-order valence-corrected chi connectivity index (χ2v) is 9.52. The van der Waals surface area contributed by atoms with Gasteiger partial charge >= 0.3 is 0 Å². The molecule has 0 aliphatic carbocycles. The summed E-state index contributed by atoms with van der Waals surface area (Å²) in [6, 6.07) is 13.3. The zero-order valence-corrected chi connectivity index (χ0v) is 17.3. The van der Waals surface area contributed by atoms with E-state index in [1.165, 1.54) is 47.3 Å². The van der Waals surface area contributed by atoms with Gasteiger partial charge in [-0.15, -0.1) is 11.3 Å². The quantitative estimate of drug-likeness (QED) is 0.665. The average Bonchev–Trinajstić information content (AvgIpc) is 3.19. The molecular formula is C21H19FN2O3S2. The summed E-state index contributed by atoms with van der Waals surface area (Å²) >= 11 is 1.69. The first-order chi connectivity index (χ1) is 13.9. The maximum atomic E-state index is 13.8. The SMILES string of the molecule is CC1c2ccsc2CCN1C(=O)c1cccc(S(=O)(=O)Nc2ccccc2F)c1. The molecule has 3 aromatic rings.